The summed E-state index contributed by atoms with van der Waals surface area (Å²) in [7, 11) is 0. The van der Waals surface area contributed by atoms with Crippen LogP contribution in [0, 0.1) is 0 Å². The molecule has 6 heteroatoms. The fourth-order valence-corrected chi connectivity index (χ4v) is 1.63. The van der Waals surface area contributed by atoms with Gasteiger partial charge in [-0.3, -0.25) is 0 Å². The second kappa shape index (κ2) is 15.5. The first-order valence-electron chi connectivity index (χ1n) is 6.90. The van der Waals surface area contributed by atoms with Crippen LogP contribution in [0.5, 0.6) is 0 Å². The summed E-state index contributed by atoms with van der Waals surface area (Å²) in [5.74, 6) is 0. The zero-order chi connectivity index (χ0) is 14.3. The molecule has 0 aromatic rings. The molecule has 0 unspecified atom stereocenters. The van der Waals surface area contributed by atoms with Gasteiger partial charge in [0.1, 0.15) is 0 Å². The summed E-state index contributed by atoms with van der Waals surface area (Å²) in [6.07, 6.45) is 13.9. The van der Waals surface area contributed by atoms with Gasteiger partial charge < -0.3 is 20.4 Å². The van der Waals surface area contributed by atoms with Gasteiger partial charge in [0.25, 0.3) is 0 Å². The molecule has 0 aromatic heterocycles. The largest absolute Gasteiger partial charge is 0.330 e. The molecule has 0 radical (unpaired) electrons. The molecule has 0 amide bonds. The number of hydrogen-bond acceptors (Lipinski definition) is 2. The fourth-order valence-electron chi connectivity index (χ4n) is 1.63. The number of hydrogen-bond donors (Lipinski definition) is 4. The Morgan fingerprint density at radius 3 is 1.33 bits per heavy atom. The lowest BCUT2D eigenvalue weighted by Crippen LogP contribution is -1.97. The van der Waals surface area contributed by atoms with E-state index in [9.17, 15) is 0 Å². The predicted molar refractivity (Wildman–Crippen MR) is 81.8 cm³/mol. The number of unbranched alkanes of at least 4 members (excludes halogenated alkanes) is 9. The third kappa shape index (κ3) is 36.0. The highest BCUT2D eigenvalue weighted by Gasteiger charge is 1.92. The lowest BCUT2D eigenvalue weighted by atomic mass is 10.1. The first-order valence-corrected chi connectivity index (χ1v) is 9.56. The molecule has 0 aromatic carbocycles. The molecule has 0 saturated carbocycles. The average Bonchev–Trinajstić information content (AvgIpc) is 2.25. The van der Waals surface area contributed by atoms with Crippen molar-refractivity contribution >= 4 is 18.5 Å². The molecule has 0 bridgehead atoms. The van der Waals surface area contributed by atoms with Gasteiger partial charge in [-0.15, -0.1) is 0 Å². The van der Waals surface area contributed by atoms with Crippen LogP contribution in [0.25, 0.3) is 0 Å². The van der Waals surface area contributed by atoms with Crippen molar-refractivity contribution in [1.29, 1.82) is 0 Å². The summed E-state index contributed by atoms with van der Waals surface area (Å²) in [5.41, 5.74) is 5.42. The van der Waals surface area contributed by atoms with E-state index in [4.69, 9.17) is 20.4 Å². The highest BCUT2D eigenvalue weighted by Crippen LogP contribution is 2.26. The van der Waals surface area contributed by atoms with Crippen molar-refractivity contribution in [2.75, 3.05) is 6.54 Å². The van der Waals surface area contributed by atoms with Gasteiger partial charge in [-0.05, 0) is 24.8 Å². The van der Waals surface area contributed by atoms with Gasteiger partial charge in [-0.25, -0.2) is 0 Å². The van der Waals surface area contributed by atoms with Gasteiger partial charge >= 0.3 is 6.72 Å². The predicted octanol–water partition coefficient (Wildman–Crippen LogP) is 3.05. The Balaban J connectivity index is 0. The normalized spacial score (nSPS) is 10.9. The smallest absolute Gasteiger partial charge is 0.319 e. The average molecular weight is 299 g/mol. The van der Waals surface area contributed by atoms with E-state index in [0.29, 0.717) is 0 Å². The molecule has 18 heavy (non-hydrogen) atoms. The first-order chi connectivity index (χ1) is 8.41. The molecule has 0 rings (SSSR count). The molecule has 0 spiro atoms. The van der Waals surface area contributed by atoms with Gasteiger partial charge in [0, 0.05) is 0 Å². The Hall–Kier alpha value is 0.490. The second-order valence-electron chi connectivity index (χ2n) is 4.48. The maximum absolute atomic E-state index is 7.56. The van der Waals surface area contributed by atoms with Crippen molar-refractivity contribution in [2.24, 2.45) is 5.73 Å². The monoisotopic (exact) mass is 299 g/mol. The molecule has 0 aliphatic carbocycles. The highest BCUT2D eigenvalue weighted by atomic mass is 32.5. The molecule has 0 atom stereocenters. The van der Waals surface area contributed by atoms with Gasteiger partial charge in [0.05, 0.1) is 0 Å². The van der Waals surface area contributed by atoms with Crippen LogP contribution in [0.3, 0.4) is 0 Å². The molecule has 0 saturated heterocycles. The topological polar surface area (TPSA) is 86.7 Å². The molecular weight excluding hydrogens is 269 g/mol. The van der Waals surface area contributed by atoms with Crippen molar-refractivity contribution in [3.05, 3.63) is 0 Å². The van der Waals surface area contributed by atoms with Crippen LogP contribution < -0.4 is 5.73 Å². The fraction of sp³-hybridized carbons (Fsp3) is 1.00. The maximum Gasteiger partial charge on any atom is 0.319 e. The third-order valence-electron chi connectivity index (χ3n) is 2.56. The third-order valence-corrected chi connectivity index (χ3v) is 2.56. The van der Waals surface area contributed by atoms with Crippen molar-refractivity contribution in [2.45, 2.75) is 71.1 Å². The van der Waals surface area contributed by atoms with Crippen molar-refractivity contribution in [1.82, 2.24) is 0 Å². The zero-order valence-corrected chi connectivity index (χ0v) is 13.3. The van der Waals surface area contributed by atoms with E-state index in [1.54, 1.807) is 0 Å². The Kier molecular flexibility index (Phi) is 18.0. The molecular formula is C12H30NO3PS. The van der Waals surface area contributed by atoms with E-state index in [-0.39, 0.29) is 0 Å². The summed E-state index contributed by atoms with van der Waals surface area (Å²) in [6.45, 7) is -0.663. The molecule has 0 aliphatic heterocycles. The van der Waals surface area contributed by atoms with Crippen LogP contribution in [0.15, 0.2) is 0 Å². The zero-order valence-electron chi connectivity index (χ0n) is 11.6. The van der Waals surface area contributed by atoms with Crippen LogP contribution in [0.4, 0.5) is 0 Å². The van der Waals surface area contributed by atoms with Crippen molar-refractivity contribution in [3.63, 3.8) is 0 Å². The molecule has 112 valence electrons. The van der Waals surface area contributed by atoms with Crippen LogP contribution in [-0.4, -0.2) is 21.2 Å². The Labute approximate surface area is 117 Å². The molecule has 0 fully saturated rings. The minimum atomic E-state index is -3.81. The summed E-state index contributed by atoms with van der Waals surface area (Å²) < 4.78 is 0. The van der Waals surface area contributed by atoms with Crippen LogP contribution in [-0.2, 0) is 11.8 Å². The van der Waals surface area contributed by atoms with Crippen LogP contribution >= 0.6 is 6.72 Å². The number of rotatable bonds is 10. The standard InChI is InChI=1S/C12H27N.H3O3PS/c1-2-3-4-5-6-7-8-9-10-11-12-13;1-4(2,3)5/h2-13H2,1H3;(H3,1,2,3,5). The van der Waals surface area contributed by atoms with Gasteiger partial charge in [0.15, 0.2) is 0 Å². The molecule has 0 aliphatic rings. The summed E-state index contributed by atoms with van der Waals surface area (Å²) in [5, 5.41) is 0. The van der Waals surface area contributed by atoms with E-state index in [1.165, 1.54) is 64.2 Å². The summed E-state index contributed by atoms with van der Waals surface area (Å²) in [4.78, 5) is 22.7. The van der Waals surface area contributed by atoms with Gasteiger partial charge in [0.2, 0.25) is 0 Å². The molecule has 0 heterocycles. The molecule has 4 nitrogen and oxygen atoms in total. The number of nitrogens with two attached hydrogens (primary N) is 1. The van der Waals surface area contributed by atoms with E-state index in [0.717, 1.165) is 6.54 Å². The van der Waals surface area contributed by atoms with E-state index < -0.39 is 6.72 Å². The van der Waals surface area contributed by atoms with Crippen molar-refractivity contribution in [3.8, 4) is 0 Å². The van der Waals surface area contributed by atoms with Crippen LogP contribution in [0.1, 0.15) is 71.1 Å². The second-order valence-corrected chi connectivity index (χ2v) is 6.98. The quantitative estimate of drug-likeness (QED) is 0.368. The van der Waals surface area contributed by atoms with Gasteiger partial charge in [-0.2, -0.15) is 0 Å². The Bertz CT molecular complexity index is 181. The van der Waals surface area contributed by atoms with Crippen LogP contribution in [0.2, 0.25) is 0 Å². The maximum atomic E-state index is 7.56. The lowest BCUT2D eigenvalue weighted by molar-refractivity contribution is 0.363. The first kappa shape index (κ1) is 20.8. The lowest BCUT2D eigenvalue weighted by Gasteiger charge is -2.00. The summed E-state index contributed by atoms with van der Waals surface area (Å²) in [6, 6.07) is 0. The van der Waals surface area contributed by atoms with Gasteiger partial charge in [-0.1, -0.05) is 64.7 Å². The van der Waals surface area contributed by atoms with E-state index in [2.05, 4.69) is 18.7 Å². The minimum Gasteiger partial charge on any atom is -0.330 e. The van der Waals surface area contributed by atoms with E-state index in [1.807, 2.05) is 0 Å². The Morgan fingerprint density at radius 2 is 1.06 bits per heavy atom. The molecule has 5 N–H and O–H groups in total. The summed E-state index contributed by atoms with van der Waals surface area (Å²) >= 11 is 3.60. The minimum absolute atomic E-state index is 0.872. The Morgan fingerprint density at radius 1 is 0.778 bits per heavy atom. The SMILES string of the molecule is CCCCCCCCCCCCN.OP(O)(O)=S. The van der Waals surface area contributed by atoms with Crippen molar-refractivity contribution < 1.29 is 14.7 Å². The van der Waals surface area contributed by atoms with E-state index >= 15 is 0 Å². The highest BCUT2D eigenvalue weighted by molar-refractivity contribution is 8.06.